The standard InChI is InChI=1S/C36H38O8S/c1-24-18-30(41-16-7-17-45(3,39)40)19-25(2)36(24)32-20-26(10-14-33(32)44-28-8-5-4-6-9-28)22-42-29-12-13-31-27(11-15-35(37)38)23-43-34(31)21-29/h4-6,8-10,12-14,18-21,27H,7,11,15-17,22-23H2,1-3H3,(H,37,38)/t27-/m1/s1. The lowest BCUT2D eigenvalue weighted by molar-refractivity contribution is -0.137. The molecule has 0 aliphatic carbocycles. The number of sulfone groups is 1. The topological polar surface area (TPSA) is 108 Å². The Bertz CT molecular complexity index is 1740. The summed E-state index contributed by atoms with van der Waals surface area (Å²) >= 11 is 0. The first-order valence-electron chi connectivity index (χ1n) is 14.9. The van der Waals surface area contributed by atoms with Gasteiger partial charge in [0.25, 0.3) is 0 Å². The number of carboxylic acid groups (broad SMARTS) is 1. The zero-order valence-electron chi connectivity index (χ0n) is 25.7. The molecular weight excluding hydrogens is 592 g/mol. The Morgan fingerprint density at radius 1 is 0.911 bits per heavy atom. The molecule has 4 aromatic rings. The van der Waals surface area contributed by atoms with E-state index in [0.717, 1.165) is 44.9 Å². The third kappa shape index (κ3) is 8.57. The third-order valence-electron chi connectivity index (χ3n) is 7.70. The van der Waals surface area contributed by atoms with Crippen molar-refractivity contribution in [2.24, 2.45) is 0 Å². The lowest BCUT2D eigenvalue weighted by Crippen LogP contribution is -2.08. The summed E-state index contributed by atoms with van der Waals surface area (Å²) in [7, 11) is -3.03. The Labute approximate surface area is 264 Å². The molecule has 236 valence electrons. The maximum absolute atomic E-state index is 11.5. The molecule has 1 aliphatic heterocycles. The van der Waals surface area contributed by atoms with Crippen LogP contribution in [0.25, 0.3) is 11.1 Å². The summed E-state index contributed by atoms with van der Waals surface area (Å²) in [6, 6.07) is 25.3. The van der Waals surface area contributed by atoms with Gasteiger partial charge in [-0.25, -0.2) is 8.42 Å². The number of carboxylic acids is 1. The van der Waals surface area contributed by atoms with Crippen molar-refractivity contribution in [3.05, 3.63) is 101 Å². The second kappa shape index (κ2) is 14.1. The molecule has 0 spiro atoms. The Morgan fingerprint density at radius 3 is 2.38 bits per heavy atom. The molecule has 0 bridgehead atoms. The number of hydrogen-bond donors (Lipinski definition) is 1. The van der Waals surface area contributed by atoms with Crippen LogP contribution < -0.4 is 18.9 Å². The highest BCUT2D eigenvalue weighted by Crippen LogP contribution is 2.41. The fourth-order valence-electron chi connectivity index (χ4n) is 5.56. The van der Waals surface area contributed by atoms with Crippen LogP contribution in [0.4, 0.5) is 0 Å². The van der Waals surface area contributed by atoms with Gasteiger partial charge in [-0.1, -0.05) is 30.3 Å². The van der Waals surface area contributed by atoms with Gasteiger partial charge in [-0.2, -0.15) is 0 Å². The number of aryl methyl sites for hydroxylation is 2. The van der Waals surface area contributed by atoms with Gasteiger partial charge in [-0.15, -0.1) is 0 Å². The molecule has 0 radical (unpaired) electrons. The molecule has 0 aromatic heterocycles. The van der Waals surface area contributed by atoms with Crippen LogP contribution in [0.5, 0.6) is 28.7 Å². The van der Waals surface area contributed by atoms with Crippen molar-refractivity contribution >= 4 is 15.8 Å². The molecule has 1 atom stereocenters. The third-order valence-corrected chi connectivity index (χ3v) is 8.73. The average molecular weight is 631 g/mol. The molecule has 4 aromatic carbocycles. The van der Waals surface area contributed by atoms with E-state index >= 15 is 0 Å². The van der Waals surface area contributed by atoms with E-state index in [-0.39, 0.29) is 18.1 Å². The summed E-state index contributed by atoms with van der Waals surface area (Å²) in [5.41, 5.74) is 5.89. The number of carbonyl (C=O) groups is 1. The Balaban J connectivity index is 1.37. The van der Waals surface area contributed by atoms with Gasteiger partial charge >= 0.3 is 5.97 Å². The fraction of sp³-hybridized carbons (Fsp3) is 0.306. The maximum atomic E-state index is 11.5. The number of hydrogen-bond acceptors (Lipinski definition) is 7. The van der Waals surface area contributed by atoms with Gasteiger partial charge in [0, 0.05) is 35.8 Å². The van der Waals surface area contributed by atoms with Crippen LogP contribution in [0.2, 0.25) is 0 Å². The highest BCUT2D eigenvalue weighted by molar-refractivity contribution is 7.90. The molecule has 1 aliphatic rings. The van der Waals surface area contributed by atoms with Crippen molar-refractivity contribution in [3.8, 4) is 39.9 Å². The van der Waals surface area contributed by atoms with Crippen LogP contribution in [0.1, 0.15) is 47.4 Å². The van der Waals surface area contributed by atoms with Crippen LogP contribution in [-0.2, 0) is 21.2 Å². The number of ether oxygens (including phenoxy) is 4. The average Bonchev–Trinajstić information content (AvgIpc) is 3.40. The Morgan fingerprint density at radius 2 is 1.67 bits per heavy atom. The van der Waals surface area contributed by atoms with Crippen LogP contribution in [0, 0.1) is 13.8 Å². The first kappa shape index (κ1) is 31.9. The first-order valence-corrected chi connectivity index (χ1v) is 17.0. The molecule has 1 N–H and O–H groups in total. The lowest BCUT2D eigenvalue weighted by Gasteiger charge is -2.18. The summed E-state index contributed by atoms with van der Waals surface area (Å²) in [5.74, 6) is 2.88. The van der Waals surface area contributed by atoms with Gasteiger partial charge in [-0.05, 0) is 91.4 Å². The van der Waals surface area contributed by atoms with Gasteiger partial charge in [0.15, 0.2) is 0 Å². The van der Waals surface area contributed by atoms with E-state index in [2.05, 4.69) is 6.07 Å². The molecule has 8 nitrogen and oxygen atoms in total. The minimum absolute atomic E-state index is 0.0700. The lowest BCUT2D eigenvalue weighted by atomic mass is 9.93. The number of aliphatic carboxylic acids is 1. The number of fused-ring (bicyclic) bond motifs is 1. The van der Waals surface area contributed by atoms with Crippen LogP contribution in [-0.4, -0.2) is 44.7 Å². The number of para-hydroxylation sites is 1. The minimum atomic E-state index is -3.03. The monoisotopic (exact) mass is 630 g/mol. The molecule has 1 heterocycles. The summed E-state index contributed by atoms with van der Waals surface area (Å²) in [5, 5.41) is 9.04. The van der Waals surface area contributed by atoms with Crippen molar-refractivity contribution in [2.75, 3.05) is 25.2 Å². The summed E-state index contributed by atoms with van der Waals surface area (Å²) in [6.45, 7) is 5.16. The Kier molecular flexibility index (Phi) is 9.98. The van der Waals surface area contributed by atoms with Crippen molar-refractivity contribution in [1.29, 1.82) is 0 Å². The van der Waals surface area contributed by atoms with Crippen molar-refractivity contribution < 1.29 is 37.3 Å². The zero-order valence-corrected chi connectivity index (χ0v) is 26.6. The van der Waals surface area contributed by atoms with Crippen molar-refractivity contribution in [1.82, 2.24) is 0 Å². The van der Waals surface area contributed by atoms with E-state index in [1.54, 1.807) is 0 Å². The van der Waals surface area contributed by atoms with Gasteiger partial charge in [-0.3, -0.25) is 4.79 Å². The molecule has 0 amide bonds. The zero-order chi connectivity index (χ0) is 32.0. The predicted octanol–water partition coefficient (Wildman–Crippen LogP) is 7.50. The SMILES string of the molecule is Cc1cc(OCCCS(C)(=O)=O)cc(C)c1-c1cc(COc2ccc3c(c2)OC[C@H]3CCC(=O)O)ccc1Oc1ccccc1. The summed E-state index contributed by atoms with van der Waals surface area (Å²) in [4.78, 5) is 11.0. The highest BCUT2D eigenvalue weighted by atomic mass is 32.2. The highest BCUT2D eigenvalue weighted by Gasteiger charge is 2.25. The van der Waals surface area contributed by atoms with Crippen LogP contribution in [0.3, 0.4) is 0 Å². The molecule has 45 heavy (non-hydrogen) atoms. The van der Waals surface area contributed by atoms with E-state index in [1.165, 1.54) is 6.26 Å². The molecule has 9 heteroatoms. The summed E-state index contributed by atoms with van der Waals surface area (Å²) in [6.07, 6.45) is 2.30. The van der Waals surface area contributed by atoms with E-state index < -0.39 is 15.8 Å². The Hall–Kier alpha value is -4.50. The molecule has 0 saturated heterocycles. The molecule has 0 fully saturated rings. The quantitative estimate of drug-likeness (QED) is 0.143. The van der Waals surface area contributed by atoms with Crippen molar-refractivity contribution in [2.45, 2.75) is 45.6 Å². The summed E-state index contributed by atoms with van der Waals surface area (Å²) < 4.78 is 47.2. The second-order valence-electron chi connectivity index (χ2n) is 11.4. The minimum Gasteiger partial charge on any atom is -0.494 e. The van der Waals surface area contributed by atoms with Crippen molar-refractivity contribution in [3.63, 3.8) is 0 Å². The van der Waals surface area contributed by atoms with Crippen LogP contribution >= 0.6 is 0 Å². The first-order chi connectivity index (χ1) is 21.6. The van der Waals surface area contributed by atoms with Gasteiger partial charge in [0.1, 0.15) is 45.2 Å². The second-order valence-corrected chi connectivity index (χ2v) is 13.7. The normalized spacial score (nSPS) is 14.0. The number of benzene rings is 4. The van der Waals surface area contributed by atoms with Crippen LogP contribution in [0.15, 0.2) is 78.9 Å². The molecular formula is C36H38O8S. The molecule has 0 saturated carbocycles. The fourth-order valence-corrected chi connectivity index (χ4v) is 6.20. The van der Waals surface area contributed by atoms with Gasteiger partial charge in [0.2, 0.25) is 0 Å². The van der Waals surface area contributed by atoms with E-state index in [1.807, 2.05) is 86.6 Å². The smallest absolute Gasteiger partial charge is 0.303 e. The molecule has 5 rings (SSSR count). The van der Waals surface area contributed by atoms with Gasteiger partial charge in [0.05, 0.1) is 19.0 Å². The van der Waals surface area contributed by atoms with E-state index in [4.69, 9.17) is 24.1 Å². The van der Waals surface area contributed by atoms with E-state index in [9.17, 15) is 13.2 Å². The van der Waals surface area contributed by atoms with E-state index in [0.29, 0.717) is 49.9 Å². The molecule has 0 unspecified atom stereocenters. The predicted molar refractivity (Wildman–Crippen MR) is 174 cm³/mol. The largest absolute Gasteiger partial charge is 0.494 e. The maximum Gasteiger partial charge on any atom is 0.303 e. The number of rotatable bonds is 14. The van der Waals surface area contributed by atoms with Gasteiger partial charge < -0.3 is 24.1 Å².